The second-order valence-electron chi connectivity index (χ2n) is 6.79. The van der Waals surface area contributed by atoms with Crippen LogP contribution in [0.25, 0.3) is 0 Å². The predicted octanol–water partition coefficient (Wildman–Crippen LogP) is 5.23. The van der Waals surface area contributed by atoms with Gasteiger partial charge in [-0.3, -0.25) is 0 Å². The summed E-state index contributed by atoms with van der Waals surface area (Å²) < 4.78 is 0. The van der Waals surface area contributed by atoms with E-state index < -0.39 is 0 Å². The van der Waals surface area contributed by atoms with Gasteiger partial charge in [0.1, 0.15) is 0 Å². The van der Waals surface area contributed by atoms with E-state index in [0.717, 1.165) is 0 Å². The summed E-state index contributed by atoms with van der Waals surface area (Å²) >= 11 is 0. The Kier molecular flexibility index (Phi) is 2.73. The quantitative estimate of drug-likeness (QED) is 0.695. The van der Waals surface area contributed by atoms with Gasteiger partial charge in [0.2, 0.25) is 0 Å². The molecule has 0 atom stereocenters. The summed E-state index contributed by atoms with van der Waals surface area (Å²) in [6.45, 7) is 0. The van der Waals surface area contributed by atoms with Gasteiger partial charge >= 0.3 is 0 Å². The lowest BCUT2D eigenvalue weighted by atomic mass is 9.50. The van der Waals surface area contributed by atoms with Gasteiger partial charge in [-0.2, -0.15) is 0 Å². The van der Waals surface area contributed by atoms with Gasteiger partial charge < -0.3 is 0 Å². The first kappa shape index (κ1) is 12.2. The molecule has 2 aromatic carbocycles. The molecule has 0 amide bonds. The van der Waals surface area contributed by atoms with Crippen molar-refractivity contribution in [3.8, 4) is 0 Å². The van der Waals surface area contributed by atoms with E-state index in [1.54, 1.807) is 11.1 Å². The molecule has 3 aliphatic carbocycles. The third-order valence-corrected chi connectivity index (χ3v) is 6.02. The van der Waals surface area contributed by atoms with Gasteiger partial charge in [0, 0.05) is 0 Å². The molecule has 2 aromatic rings. The van der Waals surface area contributed by atoms with Crippen molar-refractivity contribution in [3.05, 3.63) is 71.8 Å². The maximum atomic E-state index is 2.35. The summed E-state index contributed by atoms with van der Waals surface area (Å²) in [4.78, 5) is 0. The zero-order valence-corrected chi connectivity index (χ0v) is 12.0. The van der Waals surface area contributed by atoms with Crippen LogP contribution in [0, 0.1) is 0 Å². The fraction of sp³-hybridized carbons (Fsp3) is 0.400. The van der Waals surface area contributed by atoms with Crippen molar-refractivity contribution in [2.45, 2.75) is 49.4 Å². The average molecular weight is 262 g/mol. The zero-order valence-electron chi connectivity index (χ0n) is 12.0. The van der Waals surface area contributed by atoms with Crippen LogP contribution in [0.1, 0.15) is 49.7 Å². The largest absolute Gasteiger partial charge is 0.0622 e. The van der Waals surface area contributed by atoms with Gasteiger partial charge in [0.15, 0.2) is 0 Å². The third-order valence-electron chi connectivity index (χ3n) is 6.02. The van der Waals surface area contributed by atoms with Crippen molar-refractivity contribution in [2.24, 2.45) is 0 Å². The number of benzene rings is 2. The van der Waals surface area contributed by atoms with Crippen LogP contribution in [0.15, 0.2) is 60.7 Å². The Morgan fingerprint density at radius 3 is 1.05 bits per heavy atom. The molecule has 0 heterocycles. The first-order valence-electron chi connectivity index (χ1n) is 7.94. The molecule has 3 fully saturated rings. The van der Waals surface area contributed by atoms with E-state index in [4.69, 9.17) is 0 Å². The average Bonchev–Trinajstić information content (AvgIpc) is 2.58. The highest BCUT2D eigenvalue weighted by Crippen LogP contribution is 2.58. The van der Waals surface area contributed by atoms with E-state index >= 15 is 0 Å². The van der Waals surface area contributed by atoms with E-state index in [-0.39, 0.29) is 0 Å². The molecule has 0 spiro atoms. The maximum absolute atomic E-state index is 2.35. The topological polar surface area (TPSA) is 0 Å². The summed E-state index contributed by atoms with van der Waals surface area (Å²) in [6.07, 6.45) is 8.20. The Morgan fingerprint density at radius 2 is 0.750 bits per heavy atom. The van der Waals surface area contributed by atoms with Crippen molar-refractivity contribution >= 4 is 0 Å². The highest BCUT2D eigenvalue weighted by atomic mass is 14.5. The lowest BCUT2D eigenvalue weighted by Crippen LogP contribution is -2.46. The first-order chi connectivity index (χ1) is 9.83. The molecule has 20 heavy (non-hydrogen) atoms. The van der Waals surface area contributed by atoms with Crippen LogP contribution < -0.4 is 0 Å². The van der Waals surface area contributed by atoms with Gasteiger partial charge in [-0.05, 0) is 60.5 Å². The molecular weight excluding hydrogens is 240 g/mol. The molecule has 0 heteroatoms. The van der Waals surface area contributed by atoms with Gasteiger partial charge in [-0.25, -0.2) is 0 Å². The van der Waals surface area contributed by atoms with E-state index in [1.165, 1.54) is 38.5 Å². The van der Waals surface area contributed by atoms with Crippen LogP contribution in [0.3, 0.4) is 0 Å². The normalized spacial score (nSPS) is 32.2. The van der Waals surface area contributed by atoms with Crippen molar-refractivity contribution < 1.29 is 0 Å². The second-order valence-corrected chi connectivity index (χ2v) is 6.79. The van der Waals surface area contributed by atoms with Crippen molar-refractivity contribution in [1.29, 1.82) is 0 Å². The predicted molar refractivity (Wildman–Crippen MR) is 83.9 cm³/mol. The van der Waals surface area contributed by atoms with Crippen molar-refractivity contribution in [2.75, 3.05) is 0 Å². The minimum atomic E-state index is 0.484. The number of fused-ring (bicyclic) bond motifs is 3. The summed E-state index contributed by atoms with van der Waals surface area (Å²) in [7, 11) is 0. The Morgan fingerprint density at radius 1 is 0.450 bits per heavy atom. The fourth-order valence-electron chi connectivity index (χ4n) is 4.64. The minimum Gasteiger partial charge on any atom is -0.0622 e. The van der Waals surface area contributed by atoms with Crippen molar-refractivity contribution in [3.63, 3.8) is 0 Å². The summed E-state index contributed by atoms with van der Waals surface area (Å²) in [6, 6.07) is 22.5. The smallest absolute Gasteiger partial charge is 0.00460 e. The Balaban J connectivity index is 1.64. The summed E-state index contributed by atoms with van der Waals surface area (Å²) in [5.74, 6) is 0. The zero-order chi connectivity index (χ0) is 13.5. The van der Waals surface area contributed by atoms with Crippen LogP contribution in [-0.2, 0) is 10.8 Å². The molecule has 0 N–H and O–H groups in total. The molecule has 0 nitrogen and oxygen atoms in total. The Labute approximate surface area is 121 Å². The molecule has 0 aromatic heterocycles. The van der Waals surface area contributed by atoms with Crippen LogP contribution in [0.5, 0.6) is 0 Å². The van der Waals surface area contributed by atoms with Gasteiger partial charge in [-0.1, -0.05) is 60.7 Å². The third kappa shape index (κ3) is 1.74. The molecule has 2 bridgehead atoms. The maximum Gasteiger partial charge on any atom is -0.00460 e. The monoisotopic (exact) mass is 262 g/mol. The van der Waals surface area contributed by atoms with Gasteiger partial charge in [0.25, 0.3) is 0 Å². The summed E-state index contributed by atoms with van der Waals surface area (Å²) in [5.41, 5.74) is 4.14. The van der Waals surface area contributed by atoms with Crippen LogP contribution in [-0.4, -0.2) is 0 Å². The molecular formula is C20H22. The number of rotatable bonds is 2. The van der Waals surface area contributed by atoms with E-state index in [9.17, 15) is 0 Å². The first-order valence-corrected chi connectivity index (χ1v) is 7.94. The second kappa shape index (κ2) is 4.48. The Hall–Kier alpha value is -1.56. The Bertz CT molecular complexity index is 502. The highest BCUT2D eigenvalue weighted by Gasteiger charge is 2.49. The molecule has 0 saturated heterocycles. The van der Waals surface area contributed by atoms with Gasteiger partial charge in [0.05, 0.1) is 0 Å². The summed E-state index contributed by atoms with van der Waals surface area (Å²) in [5, 5.41) is 0. The lowest BCUT2D eigenvalue weighted by molar-refractivity contribution is 0.102. The van der Waals surface area contributed by atoms with Crippen molar-refractivity contribution in [1.82, 2.24) is 0 Å². The van der Waals surface area contributed by atoms with E-state index in [2.05, 4.69) is 60.7 Å². The fourth-order valence-corrected chi connectivity index (χ4v) is 4.64. The molecule has 5 rings (SSSR count). The SMILES string of the molecule is c1ccc(C23CCC(c4ccccc4)(CC2)CC3)cc1. The standard InChI is InChI=1S/C20H22/c1-3-7-17(8-4-1)19-11-14-20(15-12-19,16-13-19)18-9-5-2-6-10-18/h1-10H,11-16H2. The van der Waals surface area contributed by atoms with Crippen LogP contribution in [0.4, 0.5) is 0 Å². The van der Waals surface area contributed by atoms with Gasteiger partial charge in [-0.15, -0.1) is 0 Å². The molecule has 0 radical (unpaired) electrons. The molecule has 0 aliphatic heterocycles. The molecule has 102 valence electrons. The van der Waals surface area contributed by atoms with E-state index in [0.29, 0.717) is 10.8 Å². The molecule has 3 saturated carbocycles. The lowest BCUT2D eigenvalue weighted by Gasteiger charge is -2.54. The molecule has 0 unspecified atom stereocenters. The van der Waals surface area contributed by atoms with Crippen LogP contribution >= 0.6 is 0 Å². The van der Waals surface area contributed by atoms with E-state index in [1.807, 2.05) is 0 Å². The molecule has 3 aliphatic rings. The number of hydrogen-bond donors (Lipinski definition) is 0. The minimum absolute atomic E-state index is 0.484. The van der Waals surface area contributed by atoms with Crippen LogP contribution in [0.2, 0.25) is 0 Å². The highest BCUT2D eigenvalue weighted by molar-refractivity contribution is 5.34. The number of hydrogen-bond acceptors (Lipinski definition) is 0.